The van der Waals surface area contributed by atoms with Crippen molar-refractivity contribution >= 4 is 0 Å². The van der Waals surface area contributed by atoms with Gasteiger partial charge >= 0.3 is 0 Å². The normalized spacial score (nSPS) is 17.2. The Morgan fingerprint density at radius 1 is 1.25 bits per heavy atom. The van der Waals surface area contributed by atoms with Gasteiger partial charge in [-0.05, 0) is 63.1 Å². The zero-order valence-corrected chi connectivity index (χ0v) is 13.4. The second-order valence-corrected chi connectivity index (χ2v) is 6.60. The highest BCUT2D eigenvalue weighted by Crippen LogP contribution is 2.31. The molecule has 0 saturated carbocycles. The number of hydrogen-bond donors (Lipinski definition) is 1. The minimum Gasteiger partial charge on any atom is -0.379 e. The minimum absolute atomic E-state index is 0.0148. The lowest BCUT2D eigenvalue weighted by Gasteiger charge is -2.29. The molecule has 1 N–H and O–H groups in total. The molecule has 2 heteroatoms. The molecule has 0 amide bonds. The van der Waals surface area contributed by atoms with Crippen LogP contribution in [0.3, 0.4) is 0 Å². The van der Waals surface area contributed by atoms with Crippen LogP contribution < -0.4 is 5.32 Å². The van der Waals surface area contributed by atoms with Gasteiger partial charge in [-0.3, -0.25) is 0 Å². The van der Waals surface area contributed by atoms with E-state index < -0.39 is 0 Å². The quantitative estimate of drug-likeness (QED) is 0.821. The zero-order chi connectivity index (χ0) is 14.6. The highest BCUT2D eigenvalue weighted by Gasteiger charge is 2.29. The third-order valence-corrected chi connectivity index (χ3v) is 4.73. The topological polar surface area (TPSA) is 21.3 Å². The van der Waals surface area contributed by atoms with Gasteiger partial charge in [0.2, 0.25) is 0 Å². The number of hydrogen-bond acceptors (Lipinski definition) is 2. The van der Waals surface area contributed by atoms with E-state index in [1.165, 1.54) is 19.3 Å². The van der Waals surface area contributed by atoms with Gasteiger partial charge in [-0.1, -0.05) is 31.2 Å². The smallest absolute Gasteiger partial charge is 0.0623 e. The molecule has 0 heterocycles. The van der Waals surface area contributed by atoms with Gasteiger partial charge in [-0.25, -0.2) is 0 Å². The highest BCUT2D eigenvalue weighted by atomic mass is 16.5. The van der Waals surface area contributed by atoms with E-state index in [-0.39, 0.29) is 5.60 Å². The Kier molecular flexibility index (Phi) is 5.22. The summed E-state index contributed by atoms with van der Waals surface area (Å²) in [5.74, 6) is 0.736. The molecule has 20 heavy (non-hydrogen) atoms. The first-order valence-electron chi connectivity index (χ1n) is 7.91. The van der Waals surface area contributed by atoms with Gasteiger partial charge in [0.05, 0.1) is 5.60 Å². The molecule has 1 aromatic carbocycles. The van der Waals surface area contributed by atoms with Gasteiger partial charge in [0.15, 0.2) is 0 Å². The maximum atomic E-state index is 5.56. The zero-order valence-electron chi connectivity index (χ0n) is 13.4. The molecular formula is C18H29NO. The lowest BCUT2D eigenvalue weighted by Crippen LogP contribution is -2.38. The largest absolute Gasteiger partial charge is 0.379 e. The van der Waals surface area contributed by atoms with Crippen molar-refractivity contribution in [2.45, 2.75) is 58.1 Å². The summed E-state index contributed by atoms with van der Waals surface area (Å²) in [6.07, 6.45) is 4.74. The molecule has 0 saturated heterocycles. The van der Waals surface area contributed by atoms with Crippen molar-refractivity contribution < 1.29 is 4.74 Å². The first-order valence-corrected chi connectivity index (χ1v) is 7.91. The Balaban J connectivity index is 1.97. The molecule has 112 valence electrons. The first kappa shape index (κ1) is 15.5. The Bertz CT molecular complexity index is 402. The van der Waals surface area contributed by atoms with Crippen LogP contribution in [0, 0.1) is 5.92 Å². The van der Waals surface area contributed by atoms with Crippen LogP contribution in [0.2, 0.25) is 0 Å². The van der Waals surface area contributed by atoms with E-state index in [2.05, 4.69) is 50.4 Å². The molecule has 0 spiro atoms. The summed E-state index contributed by atoms with van der Waals surface area (Å²) in [6.45, 7) is 7.61. The summed E-state index contributed by atoms with van der Waals surface area (Å²) in [4.78, 5) is 0. The maximum absolute atomic E-state index is 5.56. The molecule has 0 fully saturated rings. The molecule has 0 aliphatic heterocycles. The van der Waals surface area contributed by atoms with Gasteiger partial charge in [0.1, 0.15) is 0 Å². The van der Waals surface area contributed by atoms with E-state index in [4.69, 9.17) is 4.74 Å². The van der Waals surface area contributed by atoms with Crippen molar-refractivity contribution in [1.82, 2.24) is 5.32 Å². The standard InChI is InChI=1S/C18H29NO/c1-5-19-17(10-11-18(2,3)20-4)16-12-14-8-6-7-9-15(14)13-16/h6-9,16-17,19H,5,10-13H2,1-4H3. The molecule has 0 radical (unpaired) electrons. The van der Waals surface area contributed by atoms with Gasteiger partial charge in [-0.2, -0.15) is 0 Å². The minimum atomic E-state index is -0.0148. The number of ether oxygens (including phenoxy) is 1. The predicted octanol–water partition coefficient (Wildman–Crippen LogP) is 3.58. The summed E-state index contributed by atoms with van der Waals surface area (Å²) in [5, 5.41) is 3.70. The van der Waals surface area contributed by atoms with Gasteiger partial charge in [0, 0.05) is 13.2 Å². The third kappa shape index (κ3) is 3.83. The summed E-state index contributed by atoms with van der Waals surface area (Å²) >= 11 is 0. The van der Waals surface area contributed by atoms with Gasteiger partial charge < -0.3 is 10.1 Å². The van der Waals surface area contributed by atoms with Crippen molar-refractivity contribution in [2.75, 3.05) is 13.7 Å². The van der Waals surface area contributed by atoms with Crippen LogP contribution in [0.15, 0.2) is 24.3 Å². The Morgan fingerprint density at radius 3 is 2.35 bits per heavy atom. The van der Waals surface area contributed by atoms with E-state index >= 15 is 0 Å². The fourth-order valence-electron chi connectivity index (χ4n) is 3.25. The fraction of sp³-hybridized carbons (Fsp3) is 0.667. The number of methoxy groups -OCH3 is 1. The van der Waals surface area contributed by atoms with Crippen molar-refractivity contribution in [3.8, 4) is 0 Å². The van der Waals surface area contributed by atoms with E-state index in [9.17, 15) is 0 Å². The van der Waals surface area contributed by atoms with Crippen LogP contribution in [-0.2, 0) is 17.6 Å². The van der Waals surface area contributed by atoms with E-state index in [0.717, 1.165) is 18.9 Å². The molecule has 0 aromatic heterocycles. The second-order valence-electron chi connectivity index (χ2n) is 6.60. The van der Waals surface area contributed by atoms with Crippen molar-refractivity contribution in [1.29, 1.82) is 0 Å². The predicted molar refractivity (Wildman–Crippen MR) is 85.1 cm³/mol. The summed E-state index contributed by atoms with van der Waals surface area (Å²) in [6, 6.07) is 9.51. The molecular weight excluding hydrogens is 246 g/mol. The molecule has 1 unspecified atom stereocenters. The van der Waals surface area contributed by atoms with Crippen LogP contribution >= 0.6 is 0 Å². The number of nitrogens with one attached hydrogen (secondary N) is 1. The van der Waals surface area contributed by atoms with Crippen LogP contribution in [0.1, 0.15) is 44.7 Å². The Hall–Kier alpha value is -0.860. The molecule has 2 nitrogen and oxygen atoms in total. The van der Waals surface area contributed by atoms with E-state index in [1.54, 1.807) is 11.1 Å². The fourth-order valence-corrected chi connectivity index (χ4v) is 3.25. The van der Waals surface area contributed by atoms with Crippen molar-refractivity contribution in [2.24, 2.45) is 5.92 Å². The highest BCUT2D eigenvalue weighted by molar-refractivity contribution is 5.32. The molecule has 1 atom stereocenters. The van der Waals surface area contributed by atoms with E-state index in [1.807, 2.05) is 7.11 Å². The van der Waals surface area contributed by atoms with Crippen molar-refractivity contribution in [3.05, 3.63) is 35.4 Å². The van der Waals surface area contributed by atoms with Crippen LogP contribution in [0.4, 0.5) is 0 Å². The third-order valence-electron chi connectivity index (χ3n) is 4.73. The molecule has 1 aliphatic rings. The summed E-state index contributed by atoms with van der Waals surface area (Å²) in [5.41, 5.74) is 3.08. The van der Waals surface area contributed by atoms with Gasteiger partial charge in [-0.15, -0.1) is 0 Å². The second kappa shape index (κ2) is 6.73. The average molecular weight is 275 g/mol. The number of rotatable bonds is 7. The lowest BCUT2D eigenvalue weighted by molar-refractivity contribution is 0.0103. The molecule has 1 aliphatic carbocycles. The molecule has 1 aromatic rings. The number of benzene rings is 1. The molecule has 2 rings (SSSR count). The van der Waals surface area contributed by atoms with Crippen LogP contribution in [0.25, 0.3) is 0 Å². The van der Waals surface area contributed by atoms with Crippen LogP contribution in [-0.4, -0.2) is 25.3 Å². The Morgan fingerprint density at radius 2 is 1.85 bits per heavy atom. The first-order chi connectivity index (χ1) is 9.55. The monoisotopic (exact) mass is 275 g/mol. The van der Waals surface area contributed by atoms with Gasteiger partial charge in [0.25, 0.3) is 0 Å². The summed E-state index contributed by atoms with van der Waals surface area (Å²) in [7, 11) is 1.81. The van der Waals surface area contributed by atoms with E-state index in [0.29, 0.717) is 6.04 Å². The lowest BCUT2D eigenvalue weighted by atomic mass is 9.89. The SMILES string of the molecule is CCNC(CCC(C)(C)OC)C1Cc2ccccc2C1. The maximum Gasteiger partial charge on any atom is 0.0623 e. The summed E-state index contributed by atoms with van der Waals surface area (Å²) < 4.78 is 5.56. The number of fused-ring (bicyclic) bond motifs is 1. The average Bonchev–Trinajstić information content (AvgIpc) is 2.87. The van der Waals surface area contributed by atoms with Crippen LogP contribution in [0.5, 0.6) is 0 Å². The molecule has 0 bridgehead atoms. The Labute approximate surface area is 123 Å². The van der Waals surface area contributed by atoms with Crippen molar-refractivity contribution in [3.63, 3.8) is 0 Å².